The molecular weight excluding hydrogens is 680 g/mol. The number of hydrazone groups is 2. The monoisotopic (exact) mass is 727 g/mol. The average Bonchev–Trinajstić information content (AvgIpc) is 3.52. The highest BCUT2D eigenvalue weighted by Gasteiger charge is 2.32. The number of amidine groups is 1. The Labute approximate surface area is 309 Å². The van der Waals surface area contributed by atoms with Gasteiger partial charge >= 0.3 is 0 Å². The van der Waals surface area contributed by atoms with Gasteiger partial charge in [0.1, 0.15) is 29.0 Å². The molecule has 0 saturated heterocycles. The Morgan fingerprint density at radius 1 is 1.13 bits per heavy atom. The van der Waals surface area contributed by atoms with Gasteiger partial charge in [0.25, 0.3) is 0 Å². The van der Waals surface area contributed by atoms with E-state index in [2.05, 4.69) is 61.9 Å². The maximum absolute atomic E-state index is 15.3. The van der Waals surface area contributed by atoms with Crippen LogP contribution in [0.25, 0.3) is 11.3 Å². The number of nitrogens with zero attached hydrogens (tertiary/aromatic N) is 8. The number of fused-ring (bicyclic) bond motifs is 4. The number of pyridine rings is 1. The van der Waals surface area contributed by atoms with Crippen LogP contribution >= 0.6 is 0 Å². The Hall–Kier alpha value is -5.21. The van der Waals surface area contributed by atoms with Crippen molar-refractivity contribution in [1.82, 2.24) is 25.2 Å². The van der Waals surface area contributed by atoms with Gasteiger partial charge in [-0.2, -0.15) is 10.2 Å². The minimum absolute atomic E-state index is 0.0417. The third-order valence-corrected chi connectivity index (χ3v) is 9.86. The normalized spacial score (nSPS) is 19.8. The van der Waals surface area contributed by atoms with Crippen molar-refractivity contribution in [2.45, 2.75) is 58.5 Å². The van der Waals surface area contributed by atoms with Gasteiger partial charge in [0.05, 0.1) is 29.8 Å². The zero-order valence-electron chi connectivity index (χ0n) is 30.8. The number of rotatable bonds is 11. The van der Waals surface area contributed by atoms with Gasteiger partial charge in [-0.15, -0.1) is 0 Å². The maximum Gasteiger partial charge on any atom is 0.186 e. The molecule has 0 radical (unpaired) electrons. The van der Waals surface area contributed by atoms with E-state index < -0.39 is 11.6 Å². The molecule has 2 aromatic carbocycles. The zero-order chi connectivity index (χ0) is 37.5. The van der Waals surface area contributed by atoms with Crippen molar-refractivity contribution >= 4 is 36.0 Å². The number of hydrazine groups is 1. The lowest BCUT2D eigenvalue weighted by Gasteiger charge is -2.37. The minimum atomic E-state index is -0.778. The van der Waals surface area contributed by atoms with Gasteiger partial charge in [0.15, 0.2) is 11.7 Å². The number of hydrogen-bond acceptors (Lipinski definition) is 10. The van der Waals surface area contributed by atoms with Crippen LogP contribution in [-0.2, 0) is 0 Å². The van der Waals surface area contributed by atoms with Gasteiger partial charge in [-0.1, -0.05) is 31.6 Å². The number of benzene rings is 2. The molecule has 1 fully saturated rings. The molecule has 0 spiro atoms. The molecule has 0 amide bonds. The highest BCUT2D eigenvalue weighted by Crippen LogP contribution is 2.34. The Morgan fingerprint density at radius 3 is 2.68 bits per heavy atom. The summed E-state index contributed by atoms with van der Waals surface area (Å²) in [5, 5.41) is 16.1. The fraction of sp³-hybridized carbons (Fsp3) is 0.385. The molecule has 3 heterocycles. The molecule has 1 atom stereocenters. The molecule has 1 unspecified atom stereocenters. The van der Waals surface area contributed by atoms with Gasteiger partial charge in [-0.25, -0.2) is 33.2 Å². The summed E-state index contributed by atoms with van der Waals surface area (Å²) in [6.07, 6.45) is 10.1. The summed E-state index contributed by atoms with van der Waals surface area (Å²) < 4.78 is 44.0. The number of allylic oxidation sites excluding steroid dienone is 1. The minimum Gasteiger partial charge on any atom is -0.353 e. The molecule has 2 aliphatic heterocycles. The van der Waals surface area contributed by atoms with Crippen molar-refractivity contribution in [3.63, 3.8) is 0 Å². The summed E-state index contributed by atoms with van der Waals surface area (Å²) in [5.74, 6) is -0.476. The van der Waals surface area contributed by atoms with Crippen molar-refractivity contribution in [3.8, 4) is 11.3 Å². The molecule has 280 valence electrons. The second-order valence-corrected chi connectivity index (χ2v) is 13.5. The summed E-state index contributed by atoms with van der Waals surface area (Å²) in [6.45, 7) is 12.9. The van der Waals surface area contributed by atoms with E-state index in [4.69, 9.17) is 10.1 Å². The van der Waals surface area contributed by atoms with E-state index >= 15 is 4.39 Å². The van der Waals surface area contributed by atoms with Gasteiger partial charge in [-0.3, -0.25) is 4.90 Å². The maximum atomic E-state index is 15.3. The number of halogens is 3. The lowest BCUT2D eigenvalue weighted by atomic mass is 9.91. The van der Waals surface area contributed by atoms with E-state index in [1.165, 1.54) is 48.5 Å². The summed E-state index contributed by atoms with van der Waals surface area (Å²) in [6, 6.07) is 12.3. The molecule has 3 aromatic rings. The number of hydrogen-bond donors (Lipinski definition) is 3. The Kier molecular flexibility index (Phi) is 12.1. The van der Waals surface area contributed by atoms with E-state index in [-0.39, 0.29) is 24.2 Å². The van der Waals surface area contributed by atoms with Crippen LogP contribution in [0.1, 0.15) is 45.1 Å². The lowest BCUT2D eigenvalue weighted by molar-refractivity contribution is 0.143. The van der Waals surface area contributed by atoms with Gasteiger partial charge in [0.2, 0.25) is 0 Å². The van der Waals surface area contributed by atoms with Crippen LogP contribution in [0.5, 0.6) is 0 Å². The molecule has 53 heavy (non-hydrogen) atoms. The Morgan fingerprint density at radius 2 is 1.96 bits per heavy atom. The molecule has 2 bridgehead atoms. The first-order valence-corrected chi connectivity index (χ1v) is 18.1. The van der Waals surface area contributed by atoms with Gasteiger partial charge < -0.3 is 21.1 Å². The van der Waals surface area contributed by atoms with Crippen molar-refractivity contribution in [3.05, 3.63) is 95.1 Å². The predicted molar refractivity (Wildman–Crippen MR) is 208 cm³/mol. The van der Waals surface area contributed by atoms with Crippen molar-refractivity contribution in [2.75, 3.05) is 55.6 Å². The number of aryl methyl sites for hydroxylation is 1. The second-order valence-electron chi connectivity index (χ2n) is 13.5. The Balaban J connectivity index is 1.37. The predicted octanol–water partition coefficient (Wildman–Crippen LogP) is 6.95. The standard InChI is InChI=1S/C39H48F3N11/c1-6-8-18-51(30-11-9-12-30)19-17-45-48-39-32(23-46-53(39)35-16-15-27(40)22-33(35)42)38(43-4)52-25-44-36-14-10-13-34(47-36)31-21-28(41)20-26(3)37(31)49-50(5)24-29(52)7-2/h6,8,10,13-16,20-23,29-30,45,49H,4,7,9,11-12,17-19,24-25H2,1-3,5H3,(H,44,47)/b8-6?,38-32+,48-39+. The van der Waals surface area contributed by atoms with Crippen LogP contribution in [0.4, 0.5) is 30.4 Å². The smallest absolute Gasteiger partial charge is 0.186 e. The van der Waals surface area contributed by atoms with Crippen LogP contribution < -0.4 is 21.2 Å². The Bertz CT molecular complexity index is 1910. The molecule has 6 rings (SSSR count). The van der Waals surface area contributed by atoms with Crippen molar-refractivity contribution in [1.29, 1.82) is 0 Å². The zero-order valence-corrected chi connectivity index (χ0v) is 30.8. The molecule has 1 saturated carbocycles. The van der Waals surface area contributed by atoms with Crippen LogP contribution in [0.2, 0.25) is 0 Å². The van der Waals surface area contributed by atoms with Crippen LogP contribution in [-0.4, -0.2) is 90.5 Å². The van der Waals surface area contributed by atoms with E-state index in [1.807, 2.05) is 44.1 Å². The van der Waals surface area contributed by atoms with Crippen molar-refractivity contribution in [2.24, 2.45) is 15.2 Å². The number of aromatic nitrogens is 1. The molecule has 1 aromatic heterocycles. The highest BCUT2D eigenvalue weighted by atomic mass is 19.1. The topological polar surface area (TPSA) is 99.0 Å². The van der Waals surface area contributed by atoms with E-state index in [0.717, 1.165) is 30.4 Å². The van der Waals surface area contributed by atoms with E-state index in [1.54, 1.807) is 6.21 Å². The largest absolute Gasteiger partial charge is 0.353 e. The third-order valence-electron chi connectivity index (χ3n) is 9.86. The highest BCUT2D eigenvalue weighted by molar-refractivity contribution is 6.26. The third kappa shape index (κ3) is 8.55. The molecule has 3 N–H and O–H groups in total. The summed E-state index contributed by atoms with van der Waals surface area (Å²) in [7, 11) is 1.93. The average molecular weight is 728 g/mol. The van der Waals surface area contributed by atoms with Crippen LogP contribution in [0.3, 0.4) is 0 Å². The quantitative estimate of drug-likeness (QED) is 0.0846. The number of anilines is 3. The van der Waals surface area contributed by atoms with Crippen LogP contribution in [0, 0.1) is 24.4 Å². The first-order chi connectivity index (χ1) is 25.7. The van der Waals surface area contributed by atoms with Crippen LogP contribution in [0.15, 0.2) is 87.3 Å². The van der Waals surface area contributed by atoms with Gasteiger partial charge in [0, 0.05) is 56.9 Å². The molecule has 11 nitrogen and oxygen atoms in total. The number of nitrogens with one attached hydrogen (secondary N) is 3. The summed E-state index contributed by atoms with van der Waals surface area (Å²) >= 11 is 0. The molecule has 3 aliphatic rings. The molecular formula is C39H48F3N11. The van der Waals surface area contributed by atoms with E-state index in [0.29, 0.717) is 59.9 Å². The van der Waals surface area contributed by atoms with Gasteiger partial charge in [-0.05, 0) is 81.8 Å². The fourth-order valence-corrected chi connectivity index (χ4v) is 6.83. The molecule has 1 aliphatic carbocycles. The second kappa shape index (κ2) is 17.1. The number of likely N-dealkylation sites (N-methyl/N-ethyl adjacent to an activating group) is 1. The lowest BCUT2D eigenvalue weighted by Crippen LogP contribution is -2.46. The summed E-state index contributed by atoms with van der Waals surface area (Å²) in [4.78, 5) is 13.9. The first-order valence-electron chi connectivity index (χ1n) is 18.1. The fourth-order valence-electron chi connectivity index (χ4n) is 6.83. The SMILES string of the molecule is C=N/C(=C1/C=NN(c2ccc(F)cc2F)/C1=N/NCCN(CC=CC)C1CCC1)N1CNc2cccc(n2)-c2cc(F)cc(C)c2NN(C)CC1CC. The van der Waals surface area contributed by atoms with E-state index in [9.17, 15) is 8.78 Å². The first kappa shape index (κ1) is 37.5. The molecule has 14 heteroatoms. The number of aliphatic imine (C=N–C) groups is 1. The summed E-state index contributed by atoms with van der Waals surface area (Å²) in [5.41, 5.74) is 9.99. The van der Waals surface area contributed by atoms with Crippen molar-refractivity contribution < 1.29 is 13.2 Å².